The Bertz CT molecular complexity index is 829. The largest absolute Gasteiger partial charge is 0.349 e. The number of fused-ring (bicyclic) bond motifs is 1. The van der Waals surface area contributed by atoms with Crippen LogP contribution in [0.5, 0.6) is 0 Å². The maximum absolute atomic E-state index is 11.9. The summed E-state index contributed by atoms with van der Waals surface area (Å²) in [4.78, 5) is 28.9. The molecule has 0 saturated heterocycles. The number of aromatic nitrogens is 2. The molecule has 0 atom stereocenters. The molecule has 8 heteroatoms. The van der Waals surface area contributed by atoms with Crippen molar-refractivity contribution < 1.29 is 9.59 Å². The second kappa shape index (κ2) is 6.80. The van der Waals surface area contributed by atoms with Crippen LogP contribution in [0.4, 0.5) is 0 Å². The molecule has 0 aliphatic heterocycles. The molecule has 0 unspecified atom stereocenters. The summed E-state index contributed by atoms with van der Waals surface area (Å²) in [7, 11) is 0. The predicted octanol–water partition coefficient (Wildman–Crippen LogP) is 2.10. The highest BCUT2D eigenvalue weighted by Crippen LogP contribution is 2.11. The summed E-state index contributed by atoms with van der Waals surface area (Å²) in [6, 6.07) is 6.55. The fourth-order valence-corrected chi connectivity index (χ4v) is 2.91. The lowest BCUT2D eigenvalue weighted by molar-refractivity contribution is -0.120. The van der Waals surface area contributed by atoms with Crippen LogP contribution >= 0.6 is 22.9 Å². The standard InChI is InChI=1S/C15H13ClN4O2S/c16-11-3-1-2-10(6-11)14(22)18-8-13(21)17-7-12-9-20-4-5-23-15(20)19-12/h1-6,9H,7-8H2,(H,17,21)(H,18,22). The molecule has 0 aliphatic carbocycles. The third-order valence-electron chi connectivity index (χ3n) is 3.11. The first-order valence-electron chi connectivity index (χ1n) is 6.83. The van der Waals surface area contributed by atoms with Crippen molar-refractivity contribution in [3.8, 4) is 0 Å². The number of amides is 2. The van der Waals surface area contributed by atoms with E-state index in [0.717, 1.165) is 10.7 Å². The van der Waals surface area contributed by atoms with E-state index in [1.54, 1.807) is 24.3 Å². The van der Waals surface area contributed by atoms with E-state index in [1.165, 1.54) is 11.3 Å². The van der Waals surface area contributed by atoms with Crippen LogP contribution in [0.2, 0.25) is 5.02 Å². The van der Waals surface area contributed by atoms with Gasteiger partial charge in [-0.15, -0.1) is 11.3 Å². The molecule has 23 heavy (non-hydrogen) atoms. The number of nitrogens with one attached hydrogen (secondary N) is 2. The van der Waals surface area contributed by atoms with E-state index in [9.17, 15) is 9.59 Å². The van der Waals surface area contributed by atoms with Crippen LogP contribution in [0.15, 0.2) is 42.0 Å². The van der Waals surface area contributed by atoms with E-state index in [0.29, 0.717) is 17.1 Å². The quantitative estimate of drug-likeness (QED) is 0.741. The minimum Gasteiger partial charge on any atom is -0.349 e. The number of imidazole rings is 1. The molecule has 0 fully saturated rings. The Balaban J connectivity index is 1.47. The van der Waals surface area contributed by atoms with Crippen LogP contribution in [0.3, 0.4) is 0 Å². The van der Waals surface area contributed by atoms with Crippen molar-refractivity contribution in [1.29, 1.82) is 0 Å². The smallest absolute Gasteiger partial charge is 0.251 e. The zero-order valence-electron chi connectivity index (χ0n) is 12.0. The van der Waals surface area contributed by atoms with Crippen LogP contribution in [-0.4, -0.2) is 27.7 Å². The molecule has 2 amide bonds. The highest BCUT2D eigenvalue weighted by Gasteiger charge is 2.09. The second-order valence-electron chi connectivity index (χ2n) is 4.79. The minimum absolute atomic E-state index is 0.104. The maximum atomic E-state index is 11.9. The van der Waals surface area contributed by atoms with Crippen molar-refractivity contribution in [3.63, 3.8) is 0 Å². The normalized spacial score (nSPS) is 10.7. The van der Waals surface area contributed by atoms with Gasteiger partial charge in [0.25, 0.3) is 5.91 Å². The lowest BCUT2D eigenvalue weighted by Crippen LogP contribution is -2.36. The van der Waals surface area contributed by atoms with E-state index in [4.69, 9.17) is 11.6 Å². The number of halogens is 1. The number of carbonyl (C=O) groups excluding carboxylic acids is 2. The van der Waals surface area contributed by atoms with Crippen molar-refractivity contribution in [2.75, 3.05) is 6.54 Å². The number of hydrogen-bond acceptors (Lipinski definition) is 4. The molecule has 0 spiro atoms. The van der Waals surface area contributed by atoms with Crippen molar-refractivity contribution in [3.05, 3.63) is 58.3 Å². The third kappa shape index (κ3) is 3.88. The molecule has 2 N–H and O–H groups in total. The number of benzene rings is 1. The molecule has 0 radical (unpaired) electrons. The molecule has 6 nitrogen and oxygen atoms in total. The summed E-state index contributed by atoms with van der Waals surface area (Å²) in [6.45, 7) is 0.216. The Kier molecular flexibility index (Phi) is 4.59. The zero-order chi connectivity index (χ0) is 16.2. The van der Waals surface area contributed by atoms with E-state index in [2.05, 4.69) is 15.6 Å². The first-order chi connectivity index (χ1) is 11.1. The van der Waals surface area contributed by atoms with E-state index in [-0.39, 0.29) is 18.4 Å². The molecule has 2 aromatic heterocycles. The molecule has 3 rings (SSSR count). The van der Waals surface area contributed by atoms with Gasteiger partial charge < -0.3 is 10.6 Å². The van der Waals surface area contributed by atoms with Crippen LogP contribution < -0.4 is 10.6 Å². The average Bonchev–Trinajstić information content (AvgIpc) is 3.11. The van der Waals surface area contributed by atoms with Gasteiger partial charge in [-0.1, -0.05) is 17.7 Å². The third-order valence-corrected chi connectivity index (χ3v) is 4.11. The molecule has 3 aromatic rings. The van der Waals surface area contributed by atoms with Gasteiger partial charge in [0.15, 0.2) is 4.96 Å². The van der Waals surface area contributed by atoms with Gasteiger partial charge in [0.05, 0.1) is 18.8 Å². The lowest BCUT2D eigenvalue weighted by atomic mass is 10.2. The first-order valence-corrected chi connectivity index (χ1v) is 8.09. The van der Waals surface area contributed by atoms with Gasteiger partial charge >= 0.3 is 0 Å². The van der Waals surface area contributed by atoms with Crippen LogP contribution in [0, 0.1) is 0 Å². The van der Waals surface area contributed by atoms with Crippen molar-refractivity contribution >= 4 is 39.7 Å². The monoisotopic (exact) mass is 348 g/mol. The summed E-state index contributed by atoms with van der Waals surface area (Å²) >= 11 is 7.35. The molecular formula is C15H13ClN4O2S. The number of hydrogen-bond donors (Lipinski definition) is 2. The summed E-state index contributed by atoms with van der Waals surface area (Å²) in [6.07, 6.45) is 3.76. The van der Waals surface area contributed by atoms with Crippen LogP contribution in [0.25, 0.3) is 4.96 Å². The minimum atomic E-state index is -0.342. The average molecular weight is 349 g/mol. The van der Waals surface area contributed by atoms with Gasteiger partial charge in [-0.2, -0.15) is 0 Å². The first kappa shape index (κ1) is 15.5. The van der Waals surface area contributed by atoms with Crippen LogP contribution in [-0.2, 0) is 11.3 Å². The molecule has 0 aliphatic rings. The van der Waals surface area contributed by atoms with Gasteiger partial charge in [0, 0.05) is 28.4 Å². The number of rotatable bonds is 5. The van der Waals surface area contributed by atoms with Gasteiger partial charge in [-0.25, -0.2) is 4.98 Å². The Morgan fingerprint density at radius 2 is 2.17 bits per heavy atom. The lowest BCUT2D eigenvalue weighted by Gasteiger charge is -2.06. The second-order valence-corrected chi connectivity index (χ2v) is 6.10. The van der Waals surface area contributed by atoms with Gasteiger partial charge in [-0.3, -0.25) is 14.0 Å². The Morgan fingerprint density at radius 3 is 2.96 bits per heavy atom. The SMILES string of the molecule is O=C(CNC(=O)c1cccc(Cl)c1)NCc1cn2ccsc2n1. The molecule has 118 valence electrons. The number of nitrogens with zero attached hydrogens (tertiary/aromatic N) is 2. The number of carbonyl (C=O) groups is 2. The van der Waals surface area contributed by atoms with E-state index < -0.39 is 0 Å². The van der Waals surface area contributed by atoms with Gasteiger partial charge in [-0.05, 0) is 18.2 Å². The summed E-state index contributed by atoms with van der Waals surface area (Å²) in [5.41, 5.74) is 1.19. The van der Waals surface area contributed by atoms with Crippen molar-refractivity contribution in [2.24, 2.45) is 0 Å². The number of thiazole rings is 1. The highest BCUT2D eigenvalue weighted by atomic mass is 35.5. The summed E-state index contributed by atoms with van der Waals surface area (Å²) in [5.74, 6) is -0.623. The van der Waals surface area contributed by atoms with E-state index in [1.807, 2.05) is 22.2 Å². The summed E-state index contributed by atoms with van der Waals surface area (Å²) in [5, 5.41) is 7.68. The fourth-order valence-electron chi connectivity index (χ4n) is 2.01. The van der Waals surface area contributed by atoms with Crippen LogP contribution in [0.1, 0.15) is 16.1 Å². The fraction of sp³-hybridized carbons (Fsp3) is 0.133. The molecule has 0 saturated carbocycles. The molecular weight excluding hydrogens is 336 g/mol. The summed E-state index contributed by atoms with van der Waals surface area (Å²) < 4.78 is 1.90. The zero-order valence-corrected chi connectivity index (χ0v) is 13.5. The van der Waals surface area contributed by atoms with Gasteiger partial charge in [0.2, 0.25) is 5.91 Å². The van der Waals surface area contributed by atoms with Crippen molar-refractivity contribution in [1.82, 2.24) is 20.0 Å². The Hall–Kier alpha value is -2.38. The molecule has 0 bridgehead atoms. The Labute approximate surface area is 141 Å². The highest BCUT2D eigenvalue weighted by molar-refractivity contribution is 7.15. The van der Waals surface area contributed by atoms with Crippen molar-refractivity contribution in [2.45, 2.75) is 6.54 Å². The van der Waals surface area contributed by atoms with E-state index >= 15 is 0 Å². The van der Waals surface area contributed by atoms with Gasteiger partial charge in [0.1, 0.15) is 0 Å². The Morgan fingerprint density at radius 1 is 1.30 bits per heavy atom. The molecule has 1 aromatic carbocycles. The molecule has 2 heterocycles. The topological polar surface area (TPSA) is 75.5 Å². The predicted molar refractivity (Wildman–Crippen MR) is 88.7 cm³/mol. The maximum Gasteiger partial charge on any atom is 0.251 e.